The number of aliphatic hydroxyl groups is 1. The number of hydrogen-bond acceptors (Lipinski definition) is 7. The van der Waals surface area contributed by atoms with Crippen LogP contribution in [0.3, 0.4) is 0 Å². The Hall–Kier alpha value is -1.86. The van der Waals surface area contributed by atoms with Gasteiger partial charge in [0, 0.05) is 59.2 Å². The van der Waals surface area contributed by atoms with Gasteiger partial charge in [0.1, 0.15) is 0 Å². The lowest BCUT2D eigenvalue weighted by atomic mass is 10.2. The van der Waals surface area contributed by atoms with Crippen LogP contribution < -0.4 is 0 Å². The molecule has 0 aliphatic heterocycles. The molecule has 0 fully saturated rings. The van der Waals surface area contributed by atoms with Gasteiger partial charge >= 0.3 is 0 Å². The molecular weight excluding hydrogens is 552 g/mol. The highest BCUT2D eigenvalue weighted by Gasteiger charge is 2.23. The van der Waals surface area contributed by atoms with Crippen LogP contribution in [0.5, 0.6) is 0 Å². The summed E-state index contributed by atoms with van der Waals surface area (Å²) in [5.74, 6) is -0.0841. The molecule has 0 aromatic heterocycles. The van der Waals surface area contributed by atoms with E-state index in [2.05, 4.69) is 0 Å². The molecule has 0 saturated heterocycles. The van der Waals surface area contributed by atoms with Gasteiger partial charge in [0.2, 0.25) is 20.0 Å². The van der Waals surface area contributed by atoms with Crippen molar-refractivity contribution < 1.29 is 31.4 Å². The van der Waals surface area contributed by atoms with Gasteiger partial charge in [-0.05, 0) is 43.2 Å². The second-order valence-corrected chi connectivity index (χ2v) is 13.6. The fourth-order valence-corrected chi connectivity index (χ4v) is 7.46. The summed E-state index contributed by atoms with van der Waals surface area (Å²) >= 11 is 0. The molecule has 0 amide bonds. The van der Waals surface area contributed by atoms with E-state index in [0.717, 1.165) is 17.5 Å². The van der Waals surface area contributed by atoms with Crippen molar-refractivity contribution in [3.05, 3.63) is 71.8 Å². The van der Waals surface area contributed by atoms with E-state index in [4.69, 9.17) is 14.6 Å². The summed E-state index contributed by atoms with van der Waals surface area (Å²) in [6.07, 6.45) is 2.95. The van der Waals surface area contributed by atoms with E-state index < -0.39 is 20.0 Å². The molecule has 0 unspecified atom stereocenters. The number of aliphatic hydroxyl groups excluding tert-OH is 1. The average molecular weight is 599 g/mol. The van der Waals surface area contributed by atoms with Gasteiger partial charge in [-0.1, -0.05) is 67.6 Å². The highest BCUT2D eigenvalue weighted by atomic mass is 32.2. The molecule has 0 aliphatic rings. The molecule has 2 aromatic rings. The Morgan fingerprint density at radius 3 is 1.35 bits per heavy atom. The molecule has 2 rings (SSSR count). The largest absolute Gasteiger partial charge is 0.396 e. The second kappa shape index (κ2) is 19.3. The van der Waals surface area contributed by atoms with Gasteiger partial charge in [0.15, 0.2) is 0 Å². The van der Waals surface area contributed by atoms with Crippen molar-refractivity contribution in [3.63, 3.8) is 0 Å². The number of hydrogen-bond donors (Lipinski definition) is 1. The van der Waals surface area contributed by atoms with Gasteiger partial charge in [0.05, 0.1) is 11.5 Å². The molecule has 0 heterocycles. The Morgan fingerprint density at radius 1 is 0.600 bits per heavy atom. The van der Waals surface area contributed by atoms with Gasteiger partial charge in [-0.2, -0.15) is 0 Å². The van der Waals surface area contributed by atoms with Crippen molar-refractivity contribution in [2.24, 2.45) is 0 Å². The van der Waals surface area contributed by atoms with E-state index in [1.165, 1.54) is 8.61 Å². The zero-order valence-electron chi connectivity index (χ0n) is 23.7. The smallest absolute Gasteiger partial charge is 0.218 e. The summed E-state index contributed by atoms with van der Waals surface area (Å²) in [7, 11) is -6.94. The van der Waals surface area contributed by atoms with Crippen LogP contribution in [-0.4, -0.2) is 89.8 Å². The van der Waals surface area contributed by atoms with E-state index in [1.54, 1.807) is 12.1 Å². The molecule has 0 atom stereocenters. The molecule has 0 bridgehead atoms. The minimum absolute atomic E-state index is 0.0194. The van der Waals surface area contributed by atoms with Crippen LogP contribution in [0, 0.1) is 0 Å². The first-order valence-electron chi connectivity index (χ1n) is 14.1. The SMILES string of the molecule is CCCN(CCCOCCCN(CCCOCCCO)S(=O)(=O)Cc1ccccc1)S(=O)(=O)Cc1ccccc1. The van der Waals surface area contributed by atoms with E-state index in [1.807, 2.05) is 55.5 Å². The lowest BCUT2D eigenvalue weighted by molar-refractivity contribution is 0.108. The number of benzene rings is 2. The standard InChI is InChI=1S/C29H46N2O7S2/c1-2-17-30(39(33,34)26-28-13-5-3-6-14-28)18-9-22-37-23-10-19-31(20-11-24-38-25-12-21-32)40(35,36)27-29-15-7-4-8-16-29/h3-8,13-16,32H,2,9-12,17-27H2,1H3. The van der Waals surface area contributed by atoms with Crippen LogP contribution >= 0.6 is 0 Å². The topological polar surface area (TPSA) is 113 Å². The summed E-state index contributed by atoms with van der Waals surface area (Å²) in [5, 5.41) is 8.86. The predicted molar refractivity (Wildman–Crippen MR) is 159 cm³/mol. The normalized spacial score (nSPS) is 12.4. The lowest BCUT2D eigenvalue weighted by Crippen LogP contribution is -2.35. The molecule has 1 N–H and O–H groups in total. The molecule has 0 saturated carbocycles. The third-order valence-electron chi connectivity index (χ3n) is 6.18. The second-order valence-electron chi connectivity index (χ2n) is 9.64. The molecule has 9 nitrogen and oxygen atoms in total. The van der Waals surface area contributed by atoms with Crippen LogP contribution in [0.25, 0.3) is 0 Å². The zero-order valence-corrected chi connectivity index (χ0v) is 25.3. The third kappa shape index (κ3) is 13.7. The molecule has 226 valence electrons. The summed E-state index contributed by atoms with van der Waals surface area (Å²) in [5.41, 5.74) is 1.50. The van der Waals surface area contributed by atoms with Crippen molar-refractivity contribution in [2.45, 2.75) is 50.5 Å². The van der Waals surface area contributed by atoms with Gasteiger partial charge in [-0.3, -0.25) is 0 Å². The minimum Gasteiger partial charge on any atom is -0.396 e. The van der Waals surface area contributed by atoms with Crippen molar-refractivity contribution in [1.29, 1.82) is 0 Å². The van der Waals surface area contributed by atoms with Crippen LogP contribution in [0.2, 0.25) is 0 Å². The zero-order chi connectivity index (χ0) is 29.1. The molecule has 0 radical (unpaired) electrons. The number of nitrogens with zero attached hydrogens (tertiary/aromatic N) is 2. The van der Waals surface area contributed by atoms with E-state index in [9.17, 15) is 16.8 Å². The van der Waals surface area contributed by atoms with Crippen molar-refractivity contribution in [3.8, 4) is 0 Å². The molecule has 40 heavy (non-hydrogen) atoms. The molecule has 0 aliphatic carbocycles. The number of ether oxygens (including phenoxy) is 2. The fourth-order valence-electron chi connectivity index (χ4n) is 4.18. The van der Waals surface area contributed by atoms with E-state index >= 15 is 0 Å². The quantitative estimate of drug-likeness (QED) is 0.194. The summed E-state index contributed by atoms with van der Waals surface area (Å²) < 4.78 is 66.4. The Labute approximate surface area is 241 Å². The predicted octanol–water partition coefficient (Wildman–Crippen LogP) is 3.65. The van der Waals surface area contributed by atoms with Crippen LogP contribution in [0.1, 0.15) is 50.2 Å². The number of rotatable bonds is 23. The first-order valence-corrected chi connectivity index (χ1v) is 17.3. The molecule has 0 spiro atoms. The summed E-state index contributed by atoms with van der Waals surface area (Å²) in [4.78, 5) is 0. The Morgan fingerprint density at radius 2 is 0.975 bits per heavy atom. The fraction of sp³-hybridized carbons (Fsp3) is 0.586. The summed E-state index contributed by atoms with van der Waals surface area (Å²) in [6.45, 7) is 5.21. The van der Waals surface area contributed by atoms with Gasteiger partial charge in [-0.15, -0.1) is 0 Å². The monoisotopic (exact) mass is 598 g/mol. The Balaban J connectivity index is 1.79. The van der Waals surface area contributed by atoms with Crippen LogP contribution in [0.4, 0.5) is 0 Å². The average Bonchev–Trinajstić information content (AvgIpc) is 2.93. The molecule has 2 aromatic carbocycles. The minimum atomic E-state index is -3.52. The van der Waals surface area contributed by atoms with Crippen molar-refractivity contribution in [2.75, 3.05) is 59.2 Å². The van der Waals surface area contributed by atoms with Gasteiger partial charge in [-0.25, -0.2) is 25.4 Å². The van der Waals surface area contributed by atoms with Crippen molar-refractivity contribution in [1.82, 2.24) is 8.61 Å². The lowest BCUT2D eigenvalue weighted by Gasteiger charge is -2.23. The van der Waals surface area contributed by atoms with E-state index in [-0.39, 0.29) is 18.1 Å². The third-order valence-corrected chi connectivity index (χ3v) is 9.88. The maximum absolute atomic E-state index is 13.1. The highest BCUT2D eigenvalue weighted by Crippen LogP contribution is 2.14. The first kappa shape index (κ1) is 34.3. The maximum Gasteiger partial charge on any atom is 0.218 e. The summed E-state index contributed by atoms with van der Waals surface area (Å²) in [6, 6.07) is 18.3. The first-order chi connectivity index (χ1) is 19.3. The van der Waals surface area contributed by atoms with Gasteiger partial charge in [0.25, 0.3) is 0 Å². The van der Waals surface area contributed by atoms with E-state index in [0.29, 0.717) is 78.3 Å². The number of sulfonamides is 2. The molecular formula is C29H46N2O7S2. The van der Waals surface area contributed by atoms with Crippen LogP contribution in [0.15, 0.2) is 60.7 Å². The van der Waals surface area contributed by atoms with Crippen LogP contribution in [-0.2, 0) is 41.0 Å². The Bertz CT molecular complexity index is 1130. The molecule has 11 heteroatoms. The Kier molecular flexibility index (Phi) is 16.6. The maximum atomic E-state index is 13.1. The highest BCUT2D eigenvalue weighted by molar-refractivity contribution is 7.88. The van der Waals surface area contributed by atoms with Gasteiger partial charge < -0.3 is 14.6 Å². The van der Waals surface area contributed by atoms with Crippen molar-refractivity contribution >= 4 is 20.0 Å².